The first kappa shape index (κ1) is 16.3. The summed E-state index contributed by atoms with van der Waals surface area (Å²) in [4.78, 5) is 28.6. The molecule has 0 unspecified atom stereocenters. The van der Waals surface area contributed by atoms with E-state index < -0.39 is 11.5 Å². The van der Waals surface area contributed by atoms with Crippen molar-refractivity contribution in [3.05, 3.63) is 62.5 Å². The Morgan fingerprint density at radius 3 is 2.64 bits per heavy atom. The number of aryl methyl sites for hydroxylation is 1. The summed E-state index contributed by atoms with van der Waals surface area (Å²) in [5, 5.41) is 3.36. The molecule has 2 rings (SSSR count). The lowest BCUT2D eigenvalue weighted by Gasteiger charge is -2.13. The van der Waals surface area contributed by atoms with Gasteiger partial charge in [-0.15, -0.1) is 0 Å². The number of nitrogens with one attached hydrogen (secondary N) is 2. The molecule has 22 heavy (non-hydrogen) atoms. The highest BCUT2D eigenvalue weighted by Gasteiger charge is 2.12. The van der Waals surface area contributed by atoms with Crippen molar-refractivity contribution in [3.63, 3.8) is 0 Å². The Morgan fingerprint density at radius 2 is 2.00 bits per heavy atom. The Morgan fingerprint density at radius 1 is 1.27 bits per heavy atom. The zero-order chi connectivity index (χ0) is 16.3. The number of H-pyrrole nitrogens is 1. The zero-order valence-corrected chi connectivity index (χ0v) is 13.5. The summed E-state index contributed by atoms with van der Waals surface area (Å²) >= 11 is 6.14. The van der Waals surface area contributed by atoms with Crippen LogP contribution in [-0.4, -0.2) is 29.9 Å². The molecule has 1 aromatic carbocycles. The molecule has 1 heterocycles. The second kappa shape index (κ2) is 6.77. The van der Waals surface area contributed by atoms with Gasteiger partial charge in [0.25, 0.3) is 11.5 Å². The minimum absolute atomic E-state index is 0.0784. The highest BCUT2D eigenvalue weighted by atomic mass is 35.5. The molecule has 1 aromatic heterocycles. The molecule has 116 valence electrons. The van der Waals surface area contributed by atoms with E-state index in [4.69, 9.17) is 11.6 Å². The Bertz CT molecular complexity index is 753. The SMILES string of the molecule is Cc1ccc(C(=O)Nc2ccc(Cl)c(CN(C)C)c2)c(=O)[nH]1. The molecule has 0 spiro atoms. The van der Waals surface area contributed by atoms with E-state index in [0.29, 0.717) is 22.9 Å². The summed E-state index contributed by atoms with van der Waals surface area (Å²) in [6, 6.07) is 8.45. The van der Waals surface area contributed by atoms with E-state index in [9.17, 15) is 9.59 Å². The second-order valence-corrected chi connectivity index (χ2v) is 5.79. The van der Waals surface area contributed by atoms with Gasteiger partial charge in [-0.3, -0.25) is 9.59 Å². The van der Waals surface area contributed by atoms with Crippen LogP contribution in [0.5, 0.6) is 0 Å². The molecule has 0 saturated heterocycles. The predicted molar refractivity (Wildman–Crippen MR) is 88.6 cm³/mol. The van der Waals surface area contributed by atoms with E-state index >= 15 is 0 Å². The van der Waals surface area contributed by atoms with Crippen molar-refractivity contribution in [2.24, 2.45) is 0 Å². The Kier molecular flexibility index (Phi) is 5.00. The fourth-order valence-corrected chi connectivity index (χ4v) is 2.24. The molecule has 0 radical (unpaired) electrons. The summed E-state index contributed by atoms with van der Waals surface area (Å²) in [5.74, 6) is -0.445. The Hall–Kier alpha value is -2.11. The van der Waals surface area contributed by atoms with Gasteiger partial charge in [0, 0.05) is 22.9 Å². The van der Waals surface area contributed by atoms with Crippen molar-refractivity contribution in [1.29, 1.82) is 0 Å². The van der Waals surface area contributed by atoms with Crippen LogP contribution in [0.15, 0.2) is 35.1 Å². The highest BCUT2D eigenvalue weighted by Crippen LogP contribution is 2.21. The van der Waals surface area contributed by atoms with Crippen molar-refractivity contribution >= 4 is 23.2 Å². The fraction of sp³-hybridized carbons (Fsp3) is 0.250. The third kappa shape index (κ3) is 3.96. The molecule has 1 amide bonds. The molecular weight excluding hydrogens is 302 g/mol. The van der Waals surface area contributed by atoms with Gasteiger partial charge in [0.2, 0.25) is 0 Å². The van der Waals surface area contributed by atoms with E-state index in [2.05, 4.69) is 10.3 Å². The third-order valence-electron chi connectivity index (χ3n) is 3.09. The van der Waals surface area contributed by atoms with Crippen LogP contribution < -0.4 is 10.9 Å². The number of carbonyl (C=O) groups excluding carboxylic acids is 1. The number of carbonyl (C=O) groups is 1. The predicted octanol–water partition coefficient (Wildman–Crippen LogP) is 2.65. The molecule has 2 N–H and O–H groups in total. The van der Waals surface area contributed by atoms with Crippen molar-refractivity contribution in [3.8, 4) is 0 Å². The monoisotopic (exact) mass is 319 g/mol. The molecular formula is C16H18ClN3O2. The average molecular weight is 320 g/mol. The minimum atomic E-state index is -0.445. The maximum absolute atomic E-state index is 12.2. The molecule has 0 bridgehead atoms. The summed E-state index contributed by atoms with van der Waals surface area (Å²) in [7, 11) is 3.88. The molecule has 5 nitrogen and oxygen atoms in total. The fourth-order valence-electron chi connectivity index (χ4n) is 2.06. The van der Waals surface area contributed by atoms with Crippen LogP contribution >= 0.6 is 11.6 Å². The first-order chi connectivity index (χ1) is 10.4. The number of anilines is 1. The number of amides is 1. The van der Waals surface area contributed by atoms with Crippen molar-refractivity contribution in [2.45, 2.75) is 13.5 Å². The van der Waals surface area contributed by atoms with E-state index in [1.807, 2.05) is 25.1 Å². The number of aromatic amines is 1. The smallest absolute Gasteiger partial charge is 0.261 e. The van der Waals surface area contributed by atoms with E-state index in [1.54, 1.807) is 25.1 Å². The first-order valence-electron chi connectivity index (χ1n) is 6.81. The van der Waals surface area contributed by atoms with Crippen LogP contribution in [0.25, 0.3) is 0 Å². The summed E-state index contributed by atoms with van der Waals surface area (Å²) < 4.78 is 0. The maximum Gasteiger partial charge on any atom is 0.261 e. The third-order valence-corrected chi connectivity index (χ3v) is 3.46. The zero-order valence-electron chi connectivity index (χ0n) is 12.7. The lowest BCUT2D eigenvalue weighted by Crippen LogP contribution is -2.23. The molecule has 0 fully saturated rings. The number of pyridine rings is 1. The molecule has 0 aliphatic carbocycles. The van der Waals surface area contributed by atoms with Crippen LogP contribution in [0.1, 0.15) is 21.6 Å². The van der Waals surface area contributed by atoms with E-state index in [-0.39, 0.29) is 5.56 Å². The first-order valence-corrected chi connectivity index (χ1v) is 7.19. The second-order valence-electron chi connectivity index (χ2n) is 5.38. The van der Waals surface area contributed by atoms with E-state index in [1.165, 1.54) is 6.07 Å². The van der Waals surface area contributed by atoms with Crippen LogP contribution in [0, 0.1) is 6.92 Å². The van der Waals surface area contributed by atoms with Gasteiger partial charge in [-0.1, -0.05) is 11.6 Å². The number of nitrogens with zero attached hydrogens (tertiary/aromatic N) is 1. The number of hydrogen-bond donors (Lipinski definition) is 2. The normalized spacial score (nSPS) is 10.8. The molecule has 6 heteroatoms. The largest absolute Gasteiger partial charge is 0.326 e. The molecule has 0 atom stereocenters. The van der Waals surface area contributed by atoms with Gasteiger partial charge < -0.3 is 15.2 Å². The average Bonchev–Trinajstić information content (AvgIpc) is 2.41. The van der Waals surface area contributed by atoms with Crippen LogP contribution in [0.2, 0.25) is 5.02 Å². The van der Waals surface area contributed by atoms with Crippen LogP contribution in [0.3, 0.4) is 0 Å². The topological polar surface area (TPSA) is 65.2 Å². The summed E-state index contributed by atoms with van der Waals surface area (Å²) in [6.07, 6.45) is 0. The van der Waals surface area contributed by atoms with Crippen LogP contribution in [0.4, 0.5) is 5.69 Å². The number of halogens is 1. The summed E-state index contributed by atoms with van der Waals surface area (Å²) in [5.41, 5.74) is 1.89. The molecule has 2 aromatic rings. The Labute approximate surface area is 133 Å². The lowest BCUT2D eigenvalue weighted by molar-refractivity contribution is 0.102. The van der Waals surface area contributed by atoms with E-state index in [0.717, 1.165) is 5.56 Å². The number of rotatable bonds is 4. The standard InChI is InChI=1S/C16H18ClN3O2/c1-10-4-6-13(15(21)18-10)16(22)19-12-5-7-14(17)11(8-12)9-20(2)3/h4-8H,9H2,1-3H3,(H,18,21)(H,19,22). The van der Waals surface area contributed by atoms with Crippen LogP contribution in [-0.2, 0) is 6.54 Å². The molecule has 0 aliphatic rings. The molecule has 0 aliphatic heterocycles. The lowest BCUT2D eigenvalue weighted by atomic mass is 10.1. The van der Waals surface area contributed by atoms with Gasteiger partial charge >= 0.3 is 0 Å². The van der Waals surface area contributed by atoms with Gasteiger partial charge in [-0.25, -0.2) is 0 Å². The maximum atomic E-state index is 12.2. The van der Waals surface area contributed by atoms with Crippen molar-refractivity contribution < 1.29 is 4.79 Å². The van der Waals surface area contributed by atoms with Gasteiger partial charge in [0.1, 0.15) is 5.56 Å². The Balaban J connectivity index is 2.23. The number of hydrogen-bond acceptors (Lipinski definition) is 3. The number of benzene rings is 1. The minimum Gasteiger partial charge on any atom is -0.326 e. The van der Waals surface area contributed by atoms with Gasteiger partial charge in [-0.05, 0) is 56.9 Å². The number of aromatic nitrogens is 1. The van der Waals surface area contributed by atoms with Gasteiger partial charge in [0.05, 0.1) is 0 Å². The van der Waals surface area contributed by atoms with Gasteiger partial charge in [-0.2, -0.15) is 0 Å². The highest BCUT2D eigenvalue weighted by molar-refractivity contribution is 6.31. The summed E-state index contributed by atoms with van der Waals surface area (Å²) in [6.45, 7) is 2.42. The molecule has 0 saturated carbocycles. The van der Waals surface area contributed by atoms with Crippen molar-refractivity contribution in [1.82, 2.24) is 9.88 Å². The van der Waals surface area contributed by atoms with Gasteiger partial charge in [0.15, 0.2) is 0 Å². The quantitative estimate of drug-likeness (QED) is 0.910. The van der Waals surface area contributed by atoms with Crippen molar-refractivity contribution in [2.75, 3.05) is 19.4 Å².